The molecule has 2 aromatic carbocycles. The van der Waals surface area contributed by atoms with Crippen LogP contribution in [0.15, 0.2) is 53.4 Å². The Bertz CT molecular complexity index is 1110. The molecule has 0 radical (unpaired) electrons. The van der Waals surface area contributed by atoms with E-state index in [2.05, 4.69) is 30.7 Å². The first kappa shape index (κ1) is 26.2. The average molecular weight is 485 g/mol. The van der Waals surface area contributed by atoms with E-state index in [-0.39, 0.29) is 30.1 Å². The molecule has 1 heterocycles. The summed E-state index contributed by atoms with van der Waals surface area (Å²) in [5.41, 5.74) is 1.84. The number of aliphatic hydroxyl groups excluding tert-OH is 1. The van der Waals surface area contributed by atoms with Crippen molar-refractivity contribution in [1.82, 2.24) is 9.21 Å². The van der Waals surface area contributed by atoms with Crippen LogP contribution in [-0.2, 0) is 16.4 Å². The summed E-state index contributed by atoms with van der Waals surface area (Å²) in [5.74, 6) is 6.58. The fourth-order valence-electron chi connectivity index (χ4n) is 4.15. The fourth-order valence-corrected chi connectivity index (χ4v) is 5.97. The maximum atomic E-state index is 13.6. The van der Waals surface area contributed by atoms with Crippen LogP contribution in [0.25, 0.3) is 0 Å². The summed E-state index contributed by atoms with van der Waals surface area (Å²) in [4.78, 5) is 2.33. The van der Waals surface area contributed by atoms with Gasteiger partial charge in [-0.3, -0.25) is 0 Å². The SMILES string of the molecule is CCCN(C)C[C@@H]1Oc2cc(C#CCc3ccccc3)ccc2S(=O)(=O)N([C@H](C)CO)C[C@@H]1C. The van der Waals surface area contributed by atoms with Crippen molar-refractivity contribution in [2.45, 2.75) is 50.7 Å². The average Bonchev–Trinajstić information content (AvgIpc) is 2.81. The van der Waals surface area contributed by atoms with Gasteiger partial charge < -0.3 is 14.7 Å². The highest BCUT2D eigenvalue weighted by Gasteiger charge is 2.38. The minimum atomic E-state index is -3.84. The molecule has 0 spiro atoms. The van der Waals surface area contributed by atoms with Gasteiger partial charge in [0, 0.05) is 37.0 Å². The Labute approximate surface area is 204 Å². The van der Waals surface area contributed by atoms with Crippen LogP contribution in [0.1, 0.15) is 38.3 Å². The molecule has 6 nitrogen and oxygen atoms in total. The molecular weight excluding hydrogens is 448 g/mol. The number of ether oxygens (including phenoxy) is 1. The van der Waals surface area contributed by atoms with Crippen molar-refractivity contribution in [3.63, 3.8) is 0 Å². The van der Waals surface area contributed by atoms with E-state index in [9.17, 15) is 13.5 Å². The lowest BCUT2D eigenvalue weighted by atomic mass is 10.0. The standard InChI is InChI=1S/C27H36N2O4S/c1-5-16-28(4)19-26-21(2)18-29(22(3)20-30)34(31,32)27-15-14-24(17-25(27)33-26)13-9-12-23-10-7-6-8-11-23/h6-8,10-11,14-15,17,21-22,26,30H,5,12,16,18-20H2,1-4H3/t21-,22+,26-/m0/s1. The molecule has 0 bridgehead atoms. The predicted molar refractivity (Wildman–Crippen MR) is 135 cm³/mol. The lowest BCUT2D eigenvalue weighted by Gasteiger charge is -2.37. The molecule has 0 unspecified atom stereocenters. The number of rotatable bonds is 7. The molecule has 1 aliphatic heterocycles. The van der Waals surface area contributed by atoms with Crippen molar-refractivity contribution in [2.24, 2.45) is 5.92 Å². The van der Waals surface area contributed by atoms with Crippen molar-refractivity contribution < 1.29 is 18.3 Å². The van der Waals surface area contributed by atoms with Crippen LogP contribution in [-0.4, -0.2) is 68.2 Å². The molecule has 1 aliphatic rings. The van der Waals surface area contributed by atoms with Crippen LogP contribution in [0.3, 0.4) is 0 Å². The maximum Gasteiger partial charge on any atom is 0.247 e. The van der Waals surface area contributed by atoms with Gasteiger partial charge in [0.15, 0.2) is 0 Å². The third kappa shape index (κ3) is 6.39. The number of benzene rings is 2. The summed E-state index contributed by atoms with van der Waals surface area (Å²) in [7, 11) is -1.79. The first-order valence-corrected chi connectivity index (χ1v) is 13.3. The number of hydrogen-bond acceptors (Lipinski definition) is 5. The predicted octanol–water partition coefficient (Wildman–Crippen LogP) is 3.39. The topological polar surface area (TPSA) is 70.1 Å². The molecule has 3 rings (SSSR count). The van der Waals surface area contributed by atoms with Crippen LogP contribution >= 0.6 is 0 Å². The summed E-state index contributed by atoms with van der Waals surface area (Å²) >= 11 is 0. The lowest BCUT2D eigenvalue weighted by molar-refractivity contribution is 0.0752. The van der Waals surface area contributed by atoms with Gasteiger partial charge in [-0.2, -0.15) is 4.31 Å². The van der Waals surface area contributed by atoms with E-state index in [1.807, 2.05) is 37.3 Å². The summed E-state index contributed by atoms with van der Waals surface area (Å²) in [5, 5.41) is 9.77. The maximum absolute atomic E-state index is 13.6. The van der Waals surface area contributed by atoms with Crippen molar-refractivity contribution in [3.05, 3.63) is 59.7 Å². The van der Waals surface area contributed by atoms with Gasteiger partial charge in [-0.1, -0.05) is 56.0 Å². The Kier molecular flexibility index (Phi) is 9.15. The Balaban J connectivity index is 1.99. The van der Waals surface area contributed by atoms with Gasteiger partial charge in [-0.15, -0.1) is 0 Å². The van der Waals surface area contributed by atoms with Gasteiger partial charge in [-0.05, 0) is 50.7 Å². The van der Waals surface area contributed by atoms with E-state index in [0.29, 0.717) is 24.3 Å². The van der Waals surface area contributed by atoms with E-state index in [1.54, 1.807) is 25.1 Å². The number of nitrogens with zero attached hydrogens (tertiary/aromatic N) is 2. The fraction of sp³-hybridized carbons (Fsp3) is 0.481. The van der Waals surface area contributed by atoms with E-state index in [4.69, 9.17) is 4.74 Å². The zero-order valence-corrected chi connectivity index (χ0v) is 21.4. The van der Waals surface area contributed by atoms with E-state index < -0.39 is 16.1 Å². The molecule has 0 saturated heterocycles. The third-order valence-corrected chi connectivity index (χ3v) is 8.15. The Morgan fingerprint density at radius 1 is 1.24 bits per heavy atom. The Hall–Kier alpha value is -2.37. The van der Waals surface area contributed by atoms with Gasteiger partial charge in [-0.25, -0.2) is 8.42 Å². The molecule has 0 fully saturated rings. The van der Waals surface area contributed by atoms with Crippen molar-refractivity contribution in [1.29, 1.82) is 0 Å². The largest absolute Gasteiger partial charge is 0.487 e. The number of hydrogen-bond donors (Lipinski definition) is 1. The summed E-state index contributed by atoms with van der Waals surface area (Å²) in [6, 6.07) is 14.5. The minimum Gasteiger partial charge on any atom is -0.487 e. The second-order valence-electron chi connectivity index (χ2n) is 9.13. The van der Waals surface area contributed by atoms with Gasteiger partial charge in [0.05, 0.1) is 6.61 Å². The van der Waals surface area contributed by atoms with Crippen LogP contribution < -0.4 is 4.74 Å². The van der Waals surface area contributed by atoms with Crippen molar-refractivity contribution in [3.8, 4) is 17.6 Å². The highest BCUT2D eigenvalue weighted by Crippen LogP contribution is 2.34. The van der Waals surface area contributed by atoms with E-state index in [1.165, 1.54) is 4.31 Å². The molecule has 184 valence electrons. The Morgan fingerprint density at radius 3 is 2.65 bits per heavy atom. The molecular formula is C27H36N2O4S. The smallest absolute Gasteiger partial charge is 0.247 e. The monoisotopic (exact) mass is 484 g/mol. The first-order chi connectivity index (χ1) is 16.3. The zero-order chi connectivity index (χ0) is 24.7. The molecule has 1 N–H and O–H groups in total. The Morgan fingerprint density at radius 2 is 1.97 bits per heavy atom. The van der Waals surface area contributed by atoms with Gasteiger partial charge in [0.2, 0.25) is 10.0 Å². The molecule has 0 amide bonds. The first-order valence-electron chi connectivity index (χ1n) is 11.9. The quantitative estimate of drug-likeness (QED) is 0.610. The highest BCUT2D eigenvalue weighted by molar-refractivity contribution is 7.89. The van der Waals surface area contributed by atoms with E-state index >= 15 is 0 Å². The molecule has 0 aromatic heterocycles. The van der Waals surface area contributed by atoms with Crippen LogP contribution in [0.4, 0.5) is 0 Å². The number of aliphatic hydroxyl groups is 1. The number of likely N-dealkylation sites (N-methyl/N-ethyl adjacent to an activating group) is 1. The van der Waals surface area contributed by atoms with Crippen molar-refractivity contribution in [2.75, 3.05) is 33.3 Å². The zero-order valence-electron chi connectivity index (χ0n) is 20.6. The van der Waals surface area contributed by atoms with Gasteiger partial charge >= 0.3 is 0 Å². The molecule has 0 saturated carbocycles. The summed E-state index contributed by atoms with van der Waals surface area (Å²) in [6.07, 6.45) is 1.43. The molecule has 2 aromatic rings. The summed E-state index contributed by atoms with van der Waals surface area (Å²) < 4.78 is 34.9. The normalized spacial score (nSPS) is 20.9. The molecule has 0 aliphatic carbocycles. The molecule has 34 heavy (non-hydrogen) atoms. The van der Waals surface area contributed by atoms with Gasteiger partial charge in [0.1, 0.15) is 16.7 Å². The number of fused-ring (bicyclic) bond motifs is 1. The number of sulfonamides is 1. The molecule has 7 heteroatoms. The third-order valence-electron chi connectivity index (χ3n) is 6.13. The van der Waals surface area contributed by atoms with E-state index in [0.717, 1.165) is 18.5 Å². The van der Waals surface area contributed by atoms with Gasteiger partial charge in [0.25, 0.3) is 0 Å². The second kappa shape index (κ2) is 11.9. The van der Waals surface area contributed by atoms with Crippen LogP contribution in [0.2, 0.25) is 0 Å². The highest BCUT2D eigenvalue weighted by atomic mass is 32.2. The van der Waals surface area contributed by atoms with Crippen molar-refractivity contribution >= 4 is 10.0 Å². The summed E-state index contributed by atoms with van der Waals surface area (Å²) in [6.45, 7) is 7.52. The van der Waals surface area contributed by atoms with Crippen LogP contribution in [0, 0.1) is 17.8 Å². The minimum absolute atomic E-state index is 0.0657. The lowest BCUT2D eigenvalue weighted by Crippen LogP contribution is -2.49. The van der Waals surface area contributed by atoms with Crippen LogP contribution in [0.5, 0.6) is 5.75 Å². The molecule has 3 atom stereocenters. The second-order valence-corrected chi connectivity index (χ2v) is 11.0.